The Hall–Kier alpha value is -2.35. The van der Waals surface area contributed by atoms with Crippen LogP contribution in [0.1, 0.15) is 0 Å². The first kappa shape index (κ1) is 12.7. The summed E-state index contributed by atoms with van der Waals surface area (Å²) in [4.78, 5) is 24.9. The van der Waals surface area contributed by atoms with Crippen molar-refractivity contribution in [2.75, 3.05) is 19.2 Å². The fraction of sp³-hybridized carbons (Fsp3) is 0.222. The lowest BCUT2D eigenvalue weighted by Crippen LogP contribution is -2.12. The van der Waals surface area contributed by atoms with Crippen LogP contribution in [-0.4, -0.2) is 29.7 Å². The van der Waals surface area contributed by atoms with E-state index >= 15 is 0 Å². The van der Waals surface area contributed by atoms with E-state index in [1.54, 1.807) is 0 Å². The largest absolute Gasteiger partial charge is 0.490 e. The number of ether oxygens (including phenoxy) is 1. The number of nitrogens with zero attached hydrogens (tertiary/aromatic N) is 1. The standard InChI is InChI=1S/C9H10N2O6/c1-16-7-4-2-3-6(9(7)11(14)15)10-17-5-8(12)13/h2-4,10H,5H2,1H3,(H,12,13). The molecule has 0 aliphatic heterocycles. The van der Waals surface area contributed by atoms with E-state index in [1.165, 1.54) is 25.3 Å². The lowest BCUT2D eigenvalue weighted by atomic mass is 10.2. The topological polar surface area (TPSA) is 111 Å². The molecule has 2 N–H and O–H groups in total. The molecule has 0 unspecified atom stereocenters. The number of nitrogens with one attached hydrogen (secondary N) is 1. The zero-order valence-electron chi connectivity index (χ0n) is 8.87. The third-order valence-electron chi connectivity index (χ3n) is 1.78. The Bertz CT molecular complexity index is 433. The summed E-state index contributed by atoms with van der Waals surface area (Å²) in [6.45, 7) is -0.617. The molecular formula is C9H10N2O6. The zero-order chi connectivity index (χ0) is 12.8. The second kappa shape index (κ2) is 5.66. The lowest BCUT2D eigenvalue weighted by molar-refractivity contribution is -0.385. The number of methoxy groups -OCH3 is 1. The van der Waals surface area contributed by atoms with Crippen molar-refractivity contribution < 1.29 is 24.4 Å². The van der Waals surface area contributed by atoms with E-state index < -0.39 is 17.5 Å². The van der Waals surface area contributed by atoms with E-state index in [-0.39, 0.29) is 17.1 Å². The number of para-hydroxylation sites is 1. The molecule has 0 saturated heterocycles. The van der Waals surface area contributed by atoms with Crippen LogP contribution in [0.3, 0.4) is 0 Å². The summed E-state index contributed by atoms with van der Waals surface area (Å²) in [6.07, 6.45) is 0. The summed E-state index contributed by atoms with van der Waals surface area (Å²) in [5.41, 5.74) is 1.90. The lowest BCUT2D eigenvalue weighted by Gasteiger charge is -2.08. The van der Waals surface area contributed by atoms with Gasteiger partial charge in [-0.3, -0.25) is 20.4 Å². The molecule has 92 valence electrons. The van der Waals surface area contributed by atoms with Gasteiger partial charge in [0.15, 0.2) is 12.4 Å². The van der Waals surface area contributed by atoms with Gasteiger partial charge in [-0.25, -0.2) is 4.79 Å². The smallest absolute Gasteiger partial charge is 0.336 e. The van der Waals surface area contributed by atoms with Crippen LogP contribution in [0.5, 0.6) is 5.75 Å². The molecule has 0 aromatic heterocycles. The number of carboxylic acid groups (broad SMARTS) is 1. The minimum Gasteiger partial charge on any atom is -0.490 e. The molecular weight excluding hydrogens is 232 g/mol. The number of aliphatic carboxylic acids is 1. The van der Waals surface area contributed by atoms with Gasteiger partial charge < -0.3 is 9.84 Å². The number of benzene rings is 1. The van der Waals surface area contributed by atoms with Crippen molar-refractivity contribution in [1.29, 1.82) is 0 Å². The number of nitro benzene ring substituents is 1. The Morgan fingerprint density at radius 1 is 1.59 bits per heavy atom. The van der Waals surface area contributed by atoms with Crippen LogP contribution >= 0.6 is 0 Å². The molecule has 0 radical (unpaired) electrons. The van der Waals surface area contributed by atoms with Gasteiger partial charge in [0.1, 0.15) is 5.69 Å². The highest BCUT2D eigenvalue weighted by Gasteiger charge is 2.20. The van der Waals surface area contributed by atoms with Crippen LogP contribution in [0.2, 0.25) is 0 Å². The Morgan fingerprint density at radius 2 is 2.29 bits per heavy atom. The van der Waals surface area contributed by atoms with E-state index in [0.29, 0.717) is 0 Å². The number of anilines is 1. The first-order chi connectivity index (χ1) is 8.06. The summed E-state index contributed by atoms with van der Waals surface area (Å²) in [5.74, 6) is -1.14. The second-order valence-electron chi connectivity index (χ2n) is 2.90. The average molecular weight is 242 g/mol. The molecule has 1 aromatic carbocycles. The van der Waals surface area contributed by atoms with E-state index in [2.05, 4.69) is 10.3 Å². The van der Waals surface area contributed by atoms with E-state index in [1.807, 2.05) is 0 Å². The van der Waals surface area contributed by atoms with Gasteiger partial charge >= 0.3 is 11.7 Å². The van der Waals surface area contributed by atoms with E-state index in [0.717, 1.165) is 0 Å². The van der Waals surface area contributed by atoms with Gasteiger partial charge in [0.2, 0.25) is 0 Å². The van der Waals surface area contributed by atoms with Crippen molar-refractivity contribution in [3.8, 4) is 5.75 Å². The van der Waals surface area contributed by atoms with Crippen LogP contribution in [0.25, 0.3) is 0 Å². The molecule has 8 nitrogen and oxygen atoms in total. The predicted octanol–water partition coefficient (Wildman–Crippen LogP) is 1.03. The monoisotopic (exact) mass is 242 g/mol. The molecule has 0 amide bonds. The third-order valence-corrected chi connectivity index (χ3v) is 1.78. The van der Waals surface area contributed by atoms with Crippen LogP contribution in [0.15, 0.2) is 18.2 Å². The number of carboxylic acids is 1. The number of rotatable bonds is 6. The van der Waals surface area contributed by atoms with Gasteiger partial charge in [-0.05, 0) is 12.1 Å². The van der Waals surface area contributed by atoms with Gasteiger partial charge in [-0.2, -0.15) is 0 Å². The number of hydrogen-bond donors (Lipinski definition) is 2. The summed E-state index contributed by atoms with van der Waals surface area (Å²) in [5, 5.41) is 19.2. The van der Waals surface area contributed by atoms with Crippen molar-refractivity contribution >= 4 is 17.3 Å². The Balaban J connectivity index is 2.90. The third kappa shape index (κ3) is 3.31. The first-order valence-electron chi connectivity index (χ1n) is 4.47. The van der Waals surface area contributed by atoms with Crippen LogP contribution < -0.4 is 10.2 Å². The molecule has 0 atom stereocenters. The van der Waals surface area contributed by atoms with Gasteiger partial charge in [0.05, 0.1) is 12.0 Å². The number of hydrogen-bond acceptors (Lipinski definition) is 6. The Labute approximate surface area is 95.9 Å². The molecule has 0 fully saturated rings. The molecule has 0 bridgehead atoms. The molecule has 0 aliphatic carbocycles. The van der Waals surface area contributed by atoms with Crippen molar-refractivity contribution in [2.24, 2.45) is 0 Å². The molecule has 1 rings (SSSR count). The highest BCUT2D eigenvalue weighted by Crippen LogP contribution is 2.34. The molecule has 1 aromatic rings. The highest BCUT2D eigenvalue weighted by atomic mass is 16.7. The van der Waals surface area contributed by atoms with Crippen molar-refractivity contribution in [3.05, 3.63) is 28.3 Å². The minimum atomic E-state index is -1.19. The Morgan fingerprint density at radius 3 is 2.82 bits per heavy atom. The van der Waals surface area contributed by atoms with Gasteiger partial charge in [0.25, 0.3) is 0 Å². The van der Waals surface area contributed by atoms with Gasteiger partial charge in [0, 0.05) is 0 Å². The van der Waals surface area contributed by atoms with Crippen molar-refractivity contribution in [1.82, 2.24) is 0 Å². The fourth-order valence-electron chi connectivity index (χ4n) is 1.13. The Kier molecular flexibility index (Phi) is 4.23. The molecule has 0 aliphatic rings. The van der Waals surface area contributed by atoms with Crippen LogP contribution in [0.4, 0.5) is 11.4 Å². The second-order valence-corrected chi connectivity index (χ2v) is 2.90. The first-order valence-corrected chi connectivity index (χ1v) is 4.47. The van der Waals surface area contributed by atoms with Crippen LogP contribution in [-0.2, 0) is 9.63 Å². The molecule has 0 saturated carbocycles. The minimum absolute atomic E-state index is 0.0237. The predicted molar refractivity (Wildman–Crippen MR) is 56.9 cm³/mol. The molecule has 0 spiro atoms. The molecule has 8 heteroatoms. The maximum atomic E-state index is 10.8. The molecule has 17 heavy (non-hydrogen) atoms. The maximum Gasteiger partial charge on any atom is 0.336 e. The average Bonchev–Trinajstić information content (AvgIpc) is 2.27. The van der Waals surface area contributed by atoms with Gasteiger partial charge in [-0.1, -0.05) is 6.07 Å². The summed E-state index contributed by atoms with van der Waals surface area (Å²) < 4.78 is 4.82. The number of nitro groups is 1. The normalized spacial score (nSPS) is 9.71. The van der Waals surface area contributed by atoms with Crippen molar-refractivity contribution in [3.63, 3.8) is 0 Å². The van der Waals surface area contributed by atoms with Crippen LogP contribution in [0, 0.1) is 10.1 Å². The molecule has 0 heterocycles. The summed E-state index contributed by atoms with van der Waals surface area (Å²) in [6, 6.07) is 4.31. The summed E-state index contributed by atoms with van der Waals surface area (Å²) >= 11 is 0. The van der Waals surface area contributed by atoms with Gasteiger partial charge in [-0.15, -0.1) is 0 Å². The van der Waals surface area contributed by atoms with Crippen molar-refractivity contribution in [2.45, 2.75) is 0 Å². The fourth-order valence-corrected chi connectivity index (χ4v) is 1.13. The van der Waals surface area contributed by atoms with E-state index in [9.17, 15) is 14.9 Å². The zero-order valence-corrected chi connectivity index (χ0v) is 8.87. The number of carbonyl (C=O) groups is 1. The highest BCUT2D eigenvalue weighted by molar-refractivity contribution is 5.69. The quantitative estimate of drug-likeness (QED) is 0.566. The summed E-state index contributed by atoms with van der Waals surface area (Å²) in [7, 11) is 1.30. The van der Waals surface area contributed by atoms with E-state index in [4.69, 9.17) is 9.84 Å². The maximum absolute atomic E-state index is 10.8. The SMILES string of the molecule is COc1cccc(NOCC(=O)O)c1[N+](=O)[O-].